The molecule has 0 saturated carbocycles. The van der Waals surface area contributed by atoms with Gasteiger partial charge < -0.3 is 9.47 Å². The molecule has 0 aliphatic heterocycles. The van der Waals surface area contributed by atoms with E-state index in [1.165, 1.54) is 0 Å². The second kappa shape index (κ2) is 9.97. The standard InChI is InChI=1S/C23H26N2O6S/c1-16(2)22(26)21-15-25(23(24-21)17-5-9-19(29-3)10-6-17)18-7-11-20(12-8-18)30-13-14-31-32(4,27)28/h5-12,15-16H,13-14H2,1-4H3. The van der Waals surface area contributed by atoms with Crippen LogP contribution in [-0.2, 0) is 14.3 Å². The molecule has 0 N–H and O–H groups in total. The van der Waals surface area contributed by atoms with Gasteiger partial charge in [0.05, 0.1) is 13.4 Å². The summed E-state index contributed by atoms with van der Waals surface area (Å²) in [6.07, 6.45) is 2.73. The number of methoxy groups -OCH3 is 1. The lowest BCUT2D eigenvalue weighted by molar-refractivity contribution is 0.0935. The van der Waals surface area contributed by atoms with Crippen molar-refractivity contribution in [2.24, 2.45) is 5.92 Å². The number of imidazole rings is 1. The van der Waals surface area contributed by atoms with Crippen LogP contribution in [0.15, 0.2) is 54.7 Å². The van der Waals surface area contributed by atoms with Gasteiger partial charge in [-0.15, -0.1) is 0 Å². The van der Waals surface area contributed by atoms with Crippen LogP contribution in [0.4, 0.5) is 0 Å². The zero-order valence-corrected chi connectivity index (χ0v) is 19.3. The Morgan fingerprint density at radius 3 is 2.19 bits per heavy atom. The molecule has 2 aromatic carbocycles. The van der Waals surface area contributed by atoms with Crippen molar-refractivity contribution in [3.63, 3.8) is 0 Å². The van der Waals surface area contributed by atoms with Gasteiger partial charge in [0.15, 0.2) is 5.78 Å². The van der Waals surface area contributed by atoms with Crippen LogP contribution in [0, 0.1) is 5.92 Å². The van der Waals surface area contributed by atoms with Gasteiger partial charge in [0.25, 0.3) is 10.1 Å². The Bertz CT molecular complexity index is 1170. The second-order valence-corrected chi connectivity index (χ2v) is 9.08. The number of hydrogen-bond donors (Lipinski definition) is 0. The zero-order chi connectivity index (χ0) is 23.3. The van der Waals surface area contributed by atoms with Crippen molar-refractivity contribution in [3.8, 4) is 28.6 Å². The van der Waals surface area contributed by atoms with Gasteiger partial charge in [-0.1, -0.05) is 13.8 Å². The van der Waals surface area contributed by atoms with Crippen LogP contribution < -0.4 is 9.47 Å². The highest BCUT2D eigenvalue weighted by Crippen LogP contribution is 2.27. The summed E-state index contributed by atoms with van der Waals surface area (Å²) in [5, 5.41) is 0. The molecule has 1 heterocycles. The number of rotatable bonds is 10. The molecule has 0 spiro atoms. The smallest absolute Gasteiger partial charge is 0.264 e. The van der Waals surface area contributed by atoms with Gasteiger partial charge in [-0.25, -0.2) is 4.98 Å². The first-order chi connectivity index (χ1) is 15.2. The van der Waals surface area contributed by atoms with E-state index in [0.717, 1.165) is 23.3 Å². The normalized spacial score (nSPS) is 11.5. The monoisotopic (exact) mass is 458 g/mol. The molecular weight excluding hydrogens is 432 g/mol. The number of hydrogen-bond acceptors (Lipinski definition) is 7. The van der Waals surface area contributed by atoms with Gasteiger partial charge in [0.2, 0.25) is 0 Å². The largest absolute Gasteiger partial charge is 0.497 e. The molecule has 0 radical (unpaired) electrons. The van der Waals surface area contributed by atoms with Gasteiger partial charge in [0, 0.05) is 23.4 Å². The highest BCUT2D eigenvalue weighted by molar-refractivity contribution is 7.85. The molecular formula is C23H26N2O6S. The van der Waals surface area contributed by atoms with E-state index in [0.29, 0.717) is 17.3 Å². The molecule has 0 bridgehead atoms. The number of Topliss-reactive ketones (excluding diaryl/α,β-unsaturated/α-hetero) is 1. The lowest BCUT2D eigenvalue weighted by atomic mass is 10.1. The first kappa shape index (κ1) is 23.5. The lowest BCUT2D eigenvalue weighted by Gasteiger charge is -2.10. The van der Waals surface area contributed by atoms with Gasteiger partial charge in [-0.05, 0) is 48.5 Å². The lowest BCUT2D eigenvalue weighted by Crippen LogP contribution is -2.11. The summed E-state index contributed by atoms with van der Waals surface area (Å²) < 4.78 is 39.3. The minimum Gasteiger partial charge on any atom is -0.497 e. The first-order valence-corrected chi connectivity index (χ1v) is 11.9. The number of aromatic nitrogens is 2. The maximum absolute atomic E-state index is 12.6. The number of carbonyl (C=O) groups is 1. The summed E-state index contributed by atoms with van der Waals surface area (Å²) in [5.74, 6) is 1.71. The Balaban J connectivity index is 1.87. The third kappa shape index (κ3) is 5.95. The molecule has 1 aromatic heterocycles. The summed E-state index contributed by atoms with van der Waals surface area (Å²) in [6.45, 7) is 3.72. The van der Waals surface area contributed by atoms with Crippen LogP contribution in [-0.4, -0.2) is 50.3 Å². The van der Waals surface area contributed by atoms with Crippen LogP contribution in [0.3, 0.4) is 0 Å². The highest BCUT2D eigenvalue weighted by atomic mass is 32.2. The summed E-state index contributed by atoms with van der Waals surface area (Å²) in [5.41, 5.74) is 2.03. The Morgan fingerprint density at radius 2 is 1.62 bits per heavy atom. The molecule has 0 atom stereocenters. The number of carbonyl (C=O) groups excluding carboxylic acids is 1. The third-order valence-corrected chi connectivity index (χ3v) is 5.19. The molecule has 0 aliphatic rings. The maximum Gasteiger partial charge on any atom is 0.264 e. The average Bonchev–Trinajstić information content (AvgIpc) is 3.21. The van der Waals surface area contributed by atoms with E-state index in [2.05, 4.69) is 9.17 Å². The average molecular weight is 459 g/mol. The summed E-state index contributed by atoms with van der Waals surface area (Å²) >= 11 is 0. The van der Waals surface area contributed by atoms with Gasteiger partial charge in [0.1, 0.15) is 36.2 Å². The molecule has 3 aromatic rings. The van der Waals surface area contributed by atoms with Crippen LogP contribution in [0.1, 0.15) is 24.3 Å². The molecule has 0 amide bonds. The van der Waals surface area contributed by atoms with E-state index in [-0.39, 0.29) is 24.9 Å². The van der Waals surface area contributed by atoms with E-state index in [1.54, 1.807) is 25.4 Å². The predicted octanol–water partition coefficient (Wildman–Crippen LogP) is 3.74. The molecule has 0 aliphatic carbocycles. The quantitative estimate of drug-likeness (QED) is 0.259. The summed E-state index contributed by atoms with van der Waals surface area (Å²) in [7, 11) is -1.89. The minimum absolute atomic E-state index is 0.0376. The van der Waals surface area contributed by atoms with E-state index in [4.69, 9.17) is 9.47 Å². The maximum atomic E-state index is 12.6. The fourth-order valence-electron chi connectivity index (χ4n) is 2.98. The van der Waals surface area contributed by atoms with Crippen LogP contribution in [0.5, 0.6) is 11.5 Å². The summed E-state index contributed by atoms with van der Waals surface area (Å²) in [4.78, 5) is 17.2. The molecule has 0 saturated heterocycles. The van der Waals surface area contributed by atoms with Gasteiger partial charge in [-0.2, -0.15) is 8.42 Å². The van der Waals surface area contributed by atoms with E-state index in [1.807, 2.05) is 54.8 Å². The van der Waals surface area contributed by atoms with Crippen LogP contribution in [0.2, 0.25) is 0 Å². The molecule has 0 fully saturated rings. The Hall–Kier alpha value is -3.17. The molecule has 8 nitrogen and oxygen atoms in total. The van der Waals surface area contributed by atoms with Crippen molar-refractivity contribution in [2.45, 2.75) is 13.8 Å². The van der Waals surface area contributed by atoms with Crippen molar-refractivity contribution in [1.29, 1.82) is 0 Å². The number of nitrogens with zero attached hydrogens (tertiary/aromatic N) is 2. The molecule has 3 rings (SSSR count). The number of benzene rings is 2. The van der Waals surface area contributed by atoms with E-state index >= 15 is 0 Å². The van der Waals surface area contributed by atoms with Crippen molar-refractivity contribution < 1.29 is 26.9 Å². The van der Waals surface area contributed by atoms with Crippen molar-refractivity contribution >= 4 is 15.9 Å². The van der Waals surface area contributed by atoms with Gasteiger partial charge in [-0.3, -0.25) is 13.5 Å². The molecule has 32 heavy (non-hydrogen) atoms. The fourth-order valence-corrected chi connectivity index (χ4v) is 3.35. The Morgan fingerprint density at radius 1 is 1.00 bits per heavy atom. The minimum atomic E-state index is -3.49. The fraction of sp³-hybridized carbons (Fsp3) is 0.304. The Labute approximate surface area is 187 Å². The molecule has 0 unspecified atom stereocenters. The van der Waals surface area contributed by atoms with E-state index in [9.17, 15) is 13.2 Å². The number of ketones is 1. The first-order valence-electron chi connectivity index (χ1n) is 10.0. The predicted molar refractivity (Wildman–Crippen MR) is 121 cm³/mol. The van der Waals surface area contributed by atoms with Crippen LogP contribution >= 0.6 is 0 Å². The Kier molecular flexibility index (Phi) is 7.32. The second-order valence-electron chi connectivity index (χ2n) is 7.44. The summed E-state index contributed by atoms with van der Waals surface area (Å²) in [6, 6.07) is 14.7. The third-order valence-electron chi connectivity index (χ3n) is 4.60. The SMILES string of the molecule is COc1ccc(-c2nc(C(=O)C(C)C)cn2-c2ccc(OCCOS(C)(=O)=O)cc2)cc1. The van der Waals surface area contributed by atoms with Gasteiger partial charge >= 0.3 is 0 Å². The zero-order valence-electron chi connectivity index (χ0n) is 18.4. The molecule has 9 heteroatoms. The highest BCUT2D eigenvalue weighted by Gasteiger charge is 2.19. The van der Waals surface area contributed by atoms with Crippen molar-refractivity contribution in [1.82, 2.24) is 9.55 Å². The van der Waals surface area contributed by atoms with Crippen molar-refractivity contribution in [3.05, 3.63) is 60.4 Å². The van der Waals surface area contributed by atoms with E-state index < -0.39 is 10.1 Å². The number of ether oxygens (including phenoxy) is 2. The molecule has 170 valence electrons. The topological polar surface area (TPSA) is 96.7 Å². The van der Waals surface area contributed by atoms with Crippen molar-refractivity contribution in [2.75, 3.05) is 26.6 Å². The van der Waals surface area contributed by atoms with Crippen LogP contribution in [0.25, 0.3) is 17.1 Å².